The van der Waals surface area contributed by atoms with Crippen LogP contribution in [0.3, 0.4) is 0 Å². The van der Waals surface area contributed by atoms with Crippen molar-refractivity contribution in [3.63, 3.8) is 0 Å². The van der Waals surface area contributed by atoms with Crippen molar-refractivity contribution < 1.29 is 4.79 Å². The van der Waals surface area contributed by atoms with E-state index in [-0.39, 0.29) is 5.92 Å². The van der Waals surface area contributed by atoms with Gasteiger partial charge in [-0.25, -0.2) is 0 Å². The van der Waals surface area contributed by atoms with Crippen LogP contribution < -0.4 is 5.73 Å². The van der Waals surface area contributed by atoms with Gasteiger partial charge in [0.15, 0.2) is 0 Å². The molecule has 0 saturated heterocycles. The molecule has 15 heavy (non-hydrogen) atoms. The molecule has 0 aromatic heterocycles. The van der Waals surface area contributed by atoms with Crippen molar-refractivity contribution in [2.24, 2.45) is 17.6 Å². The topological polar surface area (TPSA) is 46.3 Å². The summed E-state index contributed by atoms with van der Waals surface area (Å²) in [6.45, 7) is 3.43. The Morgan fingerprint density at radius 3 is 2.47 bits per heavy atom. The fourth-order valence-electron chi connectivity index (χ4n) is 2.37. The lowest BCUT2D eigenvalue weighted by Gasteiger charge is -2.39. The summed E-state index contributed by atoms with van der Waals surface area (Å²) in [5.74, 6) is 1.25. The number of nitrogens with zero attached hydrogens (tertiary/aromatic N) is 1. The highest BCUT2D eigenvalue weighted by Gasteiger charge is 2.37. The second-order valence-corrected chi connectivity index (χ2v) is 5.03. The minimum Gasteiger partial charge on any atom is -0.338 e. The molecular formula is C12H22N2O. The van der Waals surface area contributed by atoms with Crippen LogP contribution in [0.4, 0.5) is 0 Å². The molecule has 2 N–H and O–H groups in total. The van der Waals surface area contributed by atoms with E-state index in [0.29, 0.717) is 24.4 Å². The predicted molar refractivity (Wildman–Crippen MR) is 60.3 cm³/mol. The Hall–Kier alpha value is -0.570. The van der Waals surface area contributed by atoms with Gasteiger partial charge < -0.3 is 10.6 Å². The van der Waals surface area contributed by atoms with Crippen LogP contribution in [0.1, 0.15) is 39.0 Å². The Morgan fingerprint density at radius 2 is 2.07 bits per heavy atom. The maximum Gasteiger partial charge on any atom is 0.225 e. The van der Waals surface area contributed by atoms with Crippen molar-refractivity contribution in [3.05, 3.63) is 0 Å². The Balaban J connectivity index is 1.92. The van der Waals surface area contributed by atoms with Crippen LogP contribution in [0.15, 0.2) is 0 Å². The quantitative estimate of drug-likeness (QED) is 0.745. The van der Waals surface area contributed by atoms with Gasteiger partial charge in [0.05, 0.1) is 0 Å². The van der Waals surface area contributed by atoms with E-state index in [1.165, 1.54) is 32.1 Å². The first kappa shape index (κ1) is 10.9. The number of hydrogen-bond donors (Lipinski definition) is 1. The lowest BCUT2D eigenvalue weighted by atomic mass is 9.90. The lowest BCUT2D eigenvalue weighted by molar-refractivity contribution is -0.139. The maximum atomic E-state index is 12.2. The van der Waals surface area contributed by atoms with Crippen LogP contribution >= 0.6 is 0 Å². The molecule has 0 bridgehead atoms. The highest BCUT2D eigenvalue weighted by molar-refractivity contribution is 5.79. The molecule has 3 nitrogen and oxygen atoms in total. The fourth-order valence-corrected chi connectivity index (χ4v) is 2.37. The van der Waals surface area contributed by atoms with Crippen LogP contribution in [-0.4, -0.2) is 29.9 Å². The van der Waals surface area contributed by atoms with Crippen molar-refractivity contribution in [3.8, 4) is 0 Å². The number of nitrogens with two attached hydrogens (primary N) is 1. The molecule has 0 heterocycles. The fraction of sp³-hybridized carbons (Fsp3) is 0.917. The molecule has 2 rings (SSSR count). The smallest absolute Gasteiger partial charge is 0.225 e. The summed E-state index contributed by atoms with van der Waals surface area (Å²) in [6, 6.07) is 0.502. The molecule has 86 valence electrons. The molecule has 3 heteroatoms. The predicted octanol–water partition coefficient (Wildman–Crippen LogP) is 1.37. The Labute approximate surface area is 92.0 Å². The molecule has 0 spiro atoms. The summed E-state index contributed by atoms with van der Waals surface area (Å²) < 4.78 is 0. The zero-order valence-electron chi connectivity index (χ0n) is 9.61. The van der Waals surface area contributed by atoms with Crippen molar-refractivity contribution in [2.75, 3.05) is 13.1 Å². The first-order chi connectivity index (χ1) is 7.24. The van der Waals surface area contributed by atoms with E-state index in [1.807, 2.05) is 4.90 Å². The highest BCUT2D eigenvalue weighted by atomic mass is 16.2. The SMILES string of the molecule is CC(C(=O)N(CCN)C1CCC1)C1CC1. The monoisotopic (exact) mass is 210 g/mol. The van der Waals surface area contributed by atoms with E-state index in [1.54, 1.807) is 0 Å². The van der Waals surface area contributed by atoms with Gasteiger partial charge in [-0.2, -0.15) is 0 Å². The summed E-state index contributed by atoms with van der Waals surface area (Å²) >= 11 is 0. The molecule has 0 radical (unpaired) electrons. The standard InChI is InChI=1S/C12H22N2O/c1-9(10-5-6-10)12(15)14(8-7-13)11-3-2-4-11/h9-11H,2-8,13H2,1H3. The Bertz CT molecular complexity index is 234. The normalized spacial score (nSPS) is 23.3. The first-order valence-electron chi connectivity index (χ1n) is 6.24. The summed E-state index contributed by atoms with van der Waals surface area (Å²) in [5, 5.41) is 0. The average Bonchev–Trinajstić information content (AvgIpc) is 2.95. The van der Waals surface area contributed by atoms with E-state index in [2.05, 4.69) is 6.92 Å². The van der Waals surface area contributed by atoms with Gasteiger partial charge in [0.25, 0.3) is 0 Å². The van der Waals surface area contributed by atoms with Gasteiger partial charge in [0.1, 0.15) is 0 Å². The van der Waals surface area contributed by atoms with Crippen molar-refractivity contribution in [1.29, 1.82) is 0 Å². The second-order valence-electron chi connectivity index (χ2n) is 5.03. The summed E-state index contributed by atoms with van der Waals surface area (Å²) in [4.78, 5) is 14.3. The Morgan fingerprint density at radius 1 is 1.40 bits per heavy atom. The van der Waals surface area contributed by atoms with Crippen molar-refractivity contribution in [2.45, 2.75) is 45.1 Å². The molecule has 0 aliphatic heterocycles. The average molecular weight is 210 g/mol. The zero-order chi connectivity index (χ0) is 10.8. The van der Waals surface area contributed by atoms with Crippen LogP contribution in [0, 0.1) is 11.8 Å². The molecule has 2 fully saturated rings. The molecule has 2 saturated carbocycles. The minimum atomic E-state index is 0.233. The summed E-state index contributed by atoms with van der Waals surface area (Å²) in [6.07, 6.45) is 6.13. The molecule has 1 unspecified atom stereocenters. The number of rotatable bonds is 5. The van der Waals surface area contributed by atoms with Gasteiger partial charge in [-0.3, -0.25) is 4.79 Å². The third-order valence-electron chi connectivity index (χ3n) is 3.89. The van der Waals surface area contributed by atoms with E-state index in [0.717, 1.165) is 6.54 Å². The van der Waals surface area contributed by atoms with Crippen molar-refractivity contribution in [1.82, 2.24) is 4.90 Å². The number of amides is 1. The van der Waals surface area contributed by atoms with Gasteiger partial charge in [-0.05, 0) is 38.0 Å². The molecule has 0 aromatic rings. The third-order valence-corrected chi connectivity index (χ3v) is 3.89. The second kappa shape index (κ2) is 4.52. The van der Waals surface area contributed by atoms with Gasteiger partial charge >= 0.3 is 0 Å². The number of carbonyl (C=O) groups is 1. The van der Waals surface area contributed by atoms with Crippen LogP contribution in [0.25, 0.3) is 0 Å². The molecule has 1 amide bonds. The van der Waals surface area contributed by atoms with Gasteiger partial charge in [-0.1, -0.05) is 6.92 Å². The molecule has 0 aromatic carbocycles. The molecule has 2 aliphatic rings. The zero-order valence-corrected chi connectivity index (χ0v) is 9.61. The van der Waals surface area contributed by atoms with E-state index < -0.39 is 0 Å². The molecular weight excluding hydrogens is 188 g/mol. The molecule has 1 atom stereocenters. The highest BCUT2D eigenvalue weighted by Crippen LogP contribution is 2.38. The minimum absolute atomic E-state index is 0.233. The van der Waals surface area contributed by atoms with E-state index in [9.17, 15) is 4.79 Å². The van der Waals surface area contributed by atoms with Gasteiger partial charge in [0, 0.05) is 25.0 Å². The van der Waals surface area contributed by atoms with Crippen LogP contribution in [0.5, 0.6) is 0 Å². The number of carbonyl (C=O) groups excluding carboxylic acids is 1. The number of hydrogen-bond acceptors (Lipinski definition) is 2. The lowest BCUT2D eigenvalue weighted by Crippen LogP contribution is -2.48. The van der Waals surface area contributed by atoms with Crippen LogP contribution in [-0.2, 0) is 4.79 Å². The first-order valence-corrected chi connectivity index (χ1v) is 6.24. The third kappa shape index (κ3) is 2.33. The van der Waals surface area contributed by atoms with Gasteiger partial charge in [-0.15, -0.1) is 0 Å². The van der Waals surface area contributed by atoms with E-state index >= 15 is 0 Å². The van der Waals surface area contributed by atoms with Crippen molar-refractivity contribution >= 4 is 5.91 Å². The molecule has 2 aliphatic carbocycles. The Kier molecular flexibility index (Phi) is 3.29. The summed E-state index contributed by atoms with van der Waals surface area (Å²) in [7, 11) is 0. The summed E-state index contributed by atoms with van der Waals surface area (Å²) in [5.41, 5.74) is 5.58. The maximum absolute atomic E-state index is 12.2. The van der Waals surface area contributed by atoms with Crippen LogP contribution in [0.2, 0.25) is 0 Å². The van der Waals surface area contributed by atoms with E-state index in [4.69, 9.17) is 5.73 Å². The van der Waals surface area contributed by atoms with Gasteiger partial charge in [0.2, 0.25) is 5.91 Å². The largest absolute Gasteiger partial charge is 0.338 e.